The average molecular weight is 279 g/mol. The van der Waals surface area contributed by atoms with Gasteiger partial charge in [-0.25, -0.2) is 13.1 Å². The third kappa shape index (κ3) is 4.89. The summed E-state index contributed by atoms with van der Waals surface area (Å²) in [6, 6.07) is 13.3. The molecule has 19 heavy (non-hydrogen) atoms. The van der Waals surface area contributed by atoms with E-state index < -0.39 is 10.0 Å². The van der Waals surface area contributed by atoms with Crippen LogP contribution in [0.15, 0.2) is 53.1 Å². The van der Waals surface area contributed by atoms with Crippen LogP contribution in [0.3, 0.4) is 0 Å². The van der Waals surface area contributed by atoms with E-state index in [1.165, 1.54) is 6.26 Å². The molecule has 2 rings (SSSR count). The second-order valence-electron chi connectivity index (χ2n) is 4.31. The molecule has 0 aliphatic rings. The fourth-order valence-electron chi connectivity index (χ4n) is 1.78. The van der Waals surface area contributed by atoms with Crippen molar-refractivity contribution in [2.75, 3.05) is 5.75 Å². The molecule has 1 aromatic heterocycles. The predicted octanol–water partition coefficient (Wildman–Crippen LogP) is 2.33. The van der Waals surface area contributed by atoms with Gasteiger partial charge in [0.15, 0.2) is 0 Å². The zero-order valence-electron chi connectivity index (χ0n) is 10.6. The monoisotopic (exact) mass is 279 g/mol. The van der Waals surface area contributed by atoms with Crippen LogP contribution in [0.25, 0.3) is 0 Å². The predicted molar refractivity (Wildman–Crippen MR) is 74.1 cm³/mol. The first-order chi connectivity index (χ1) is 9.16. The second kappa shape index (κ2) is 6.54. The van der Waals surface area contributed by atoms with Crippen LogP contribution < -0.4 is 4.72 Å². The van der Waals surface area contributed by atoms with Gasteiger partial charge >= 0.3 is 0 Å². The molecule has 0 bridgehead atoms. The van der Waals surface area contributed by atoms with Gasteiger partial charge in [0.2, 0.25) is 10.0 Å². The first-order valence-electron chi connectivity index (χ1n) is 6.19. The number of furan rings is 1. The molecule has 4 nitrogen and oxygen atoms in total. The van der Waals surface area contributed by atoms with Gasteiger partial charge in [-0.1, -0.05) is 30.3 Å². The molecule has 102 valence electrons. The molecule has 0 atom stereocenters. The van der Waals surface area contributed by atoms with Crippen molar-refractivity contribution < 1.29 is 12.8 Å². The lowest BCUT2D eigenvalue weighted by molar-refractivity contribution is 0.498. The zero-order chi connectivity index (χ0) is 13.6. The van der Waals surface area contributed by atoms with E-state index in [1.54, 1.807) is 12.1 Å². The van der Waals surface area contributed by atoms with Crippen molar-refractivity contribution in [3.63, 3.8) is 0 Å². The van der Waals surface area contributed by atoms with Gasteiger partial charge in [0, 0.05) is 0 Å². The molecule has 0 saturated carbocycles. The standard InChI is InChI=1S/C14H17NO3S/c16-19(17,15-12-14-9-4-10-18-14)11-5-8-13-6-2-1-3-7-13/h1-4,6-7,9-10,15H,5,8,11-12H2. The number of rotatable bonds is 7. The quantitative estimate of drug-likeness (QED) is 0.846. The van der Waals surface area contributed by atoms with Crippen molar-refractivity contribution >= 4 is 10.0 Å². The van der Waals surface area contributed by atoms with Crippen LogP contribution in [0.1, 0.15) is 17.7 Å². The van der Waals surface area contributed by atoms with E-state index in [1.807, 2.05) is 30.3 Å². The molecule has 0 radical (unpaired) electrons. The smallest absolute Gasteiger partial charge is 0.212 e. The highest BCUT2D eigenvalue weighted by Gasteiger charge is 2.10. The molecule has 0 saturated heterocycles. The summed E-state index contributed by atoms with van der Waals surface area (Å²) in [7, 11) is -3.24. The lowest BCUT2D eigenvalue weighted by Crippen LogP contribution is -2.26. The second-order valence-corrected chi connectivity index (χ2v) is 6.23. The Morgan fingerprint density at radius 3 is 2.53 bits per heavy atom. The van der Waals surface area contributed by atoms with E-state index >= 15 is 0 Å². The fraction of sp³-hybridized carbons (Fsp3) is 0.286. The molecule has 1 N–H and O–H groups in total. The molecule has 0 unspecified atom stereocenters. The van der Waals surface area contributed by atoms with Gasteiger partial charge in [-0.15, -0.1) is 0 Å². The minimum absolute atomic E-state index is 0.128. The van der Waals surface area contributed by atoms with Crippen LogP contribution in [0.5, 0.6) is 0 Å². The van der Waals surface area contributed by atoms with Crippen LogP contribution >= 0.6 is 0 Å². The first-order valence-corrected chi connectivity index (χ1v) is 7.84. The number of hydrogen-bond acceptors (Lipinski definition) is 3. The van der Waals surface area contributed by atoms with Crippen LogP contribution in [0.4, 0.5) is 0 Å². The van der Waals surface area contributed by atoms with Crippen LogP contribution in [-0.2, 0) is 23.0 Å². The van der Waals surface area contributed by atoms with E-state index in [4.69, 9.17) is 4.42 Å². The lowest BCUT2D eigenvalue weighted by atomic mass is 10.1. The maximum atomic E-state index is 11.8. The van der Waals surface area contributed by atoms with Crippen molar-refractivity contribution in [1.29, 1.82) is 0 Å². The highest BCUT2D eigenvalue weighted by Crippen LogP contribution is 2.05. The van der Waals surface area contributed by atoms with Crippen molar-refractivity contribution in [1.82, 2.24) is 4.72 Å². The van der Waals surface area contributed by atoms with Gasteiger partial charge in [0.25, 0.3) is 0 Å². The van der Waals surface area contributed by atoms with Gasteiger partial charge in [-0.2, -0.15) is 0 Å². The van der Waals surface area contributed by atoms with Crippen molar-refractivity contribution in [3.8, 4) is 0 Å². The van der Waals surface area contributed by atoms with E-state index in [-0.39, 0.29) is 12.3 Å². The van der Waals surface area contributed by atoms with Gasteiger partial charge in [0.1, 0.15) is 5.76 Å². The fourth-order valence-corrected chi connectivity index (χ4v) is 2.81. The van der Waals surface area contributed by atoms with Gasteiger partial charge < -0.3 is 4.42 Å². The molecular formula is C14H17NO3S. The Balaban J connectivity index is 1.75. The SMILES string of the molecule is O=S(=O)(CCCc1ccccc1)NCc1ccco1. The molecule has 0 spiro atoms. The molecule has 1 heterocycles. The van der Waals surface area contributed by atoms with Gasteiger partial charge in [-0.05, 0) is 30.5 Å². The van der Waals surface area contributed by atoms with E-state index in [0.717, 1.165) is 12.0 Å². The minimum atomic E-state index is -3.24. The van der Waals surface area contributed by atoms with E-state index in [0.29, 0.717) is 12.2 Å². The summed E-state index contributed by atoms with van der Waals surface area (Å²) in [6.07, 6.45) is 2.90. The Bertz CT molecular complexity index is 576. The average Bonchev–Trinajstić information content (AvgIpc) is 2.91. The molecule has 0 amide bonds. The third-order valence-corrected chi connectivity index (χ3v) is 4.18. The maximum Gasteiger partial charge on any atom is 0.212 e. The Hall–Kier alpha value is -1.59. The highest BCUT2D eigenvalue weighted by molar-refractivity contribution is 7.89. The van der Waals surface area contributed by atoms with Crippen LogP contribution in [-0.4, -0.2) is 14.2 Å². The molecule has 0 fully saturated rings. The molecule has 2 aromatic rings. The molecule has 0 aliphatic heterocycles. The summed E-state index contributed by atoms with van der Waals surface area (Å²) >= 11 is 0. The third-order valence-electron chi connectivity index (χ3n) is 2.77. The Kier molecular flexibility index (Phi) is 4.76. The Labute approximate surface area is 113 Å². The van der Waals surface area contributed by atoms with Crippen LogP contribution in [0, 0.1) is 0 Å². The lowest BCUT2D eigenvalue weighted by Gasteiger charge is -2.05. The van der Waals surface area contributed by atoms with Crippen molar-refractivity contribution in [3.05, 3.63) is 60.1 Å². The Morgan fingerprint density at radius 1 is 1.05 bits per heavy atom. The van der Waals surface area contributed by atoms with E-state index in [2.05, 4.69) is 4.72 Å². The summed E-state index contributed by atoms with van der Waals surface area (Å²) < 4.78 is 31.1. The number of nitrogens with one attached hydrogen (secondary N) is 1. The molecule has 5 heteroatoms. The molecule has 0 aliphatic carbocycles. The summed E-state index contributed by atoms with van der Waals surface area (Å²) in [5, 5.41) is 0. The van der Waals surface area contributed by atoms with E-state index in [9.17, 15) is 8.42 Å². The highest BCUT2D eigenvalue weighted by atomic mass is 32.2. The van der Waals surface area contributed by atoms with Crippen molar-refractivity contribution in [2.24, 2.45) is 0 Å². The number of sulfonamides is 1. The van der Waals surface area contributed by atoms with Gasteiger partial charge in [0.05, 0.1) is 18.6 Å². The summed E-state index contributed by atoms with van der Waals surface area (Å²) in [5.74, 6) is 0.745. The number of benzene rings is 1. The largest absolute Gasteiger partial charge is 0.468 e. The van der Waals surface area contributed by atoms with Crippen LogP contribution in [0.2, 0.25) is 0 Å². The number of aryl methyl sites for hydroxylation is 1. The topological polar surface area (TPSA) is 59.3 Å². The maximum absolute atomic E-state index is 11.8. The first kappa shape index (κ1) is 13.8. The molecular weight excluding hydrogens is 262 g/mol. The normalized spacial score (nSPS) is 11.6. The summed E-state index contributed by atoms with van der Waals surface area (Å²) in [5.41, 5.74) is 1.16. The summed E-state index contributed by atoms with van der Waals surface area (Å²) in [4.78, 5) is 0. The van der Waals surface area contributed by atoms with Crippen molar-refractivity contribution in [2.45, 2.75) is 19.4 Å². The zero-order valence-corrected chi connectivity index (χ0v) is 11.4. The Morgan fingerprint density at radius 2 is 1.84 bits per heavy atom. The minimum Gasteiger partial charge on any atom is -0.468 e. The van der Waals surface area contributed by atoms with Gasteiger partial charge in [-0.3, -0.25) is 0 Å². The summed E-state index contributed by atoms with van der Waals surface area (Å²) in [6.45, 7) is 0.209. The number of hydrogen-bond donors (Lipinski definition) is 1. The molecule has 1 aromatic carbocycles.